The topological polar surface area (TPSA) is 119 Å². The molecule has 0 bridgehead atoms. The molecule has 0 aliphatic heterocycles. The number of para-hydroxylation sites is 1. The number of rotatable bonds is 8. The van der Waals surface area contributed by atoms with Gasteiger partial charge in [0, 0.05) is 12.5 Å². The minimum atomic E-state index is -0.971. The van der Waals surface area contributed by atoms with Gasteiger partial charge in [0.05, 0.1) is 29.6 Å². The molecular weight excluding hydrogens is 386 g/mol. The second kappa shape index (κ2) is 9.34. The van der Waals surface area contributed by atoms with Gasteiger partial charge in [0.2, 0.25) is 0 Å². The maximum absolute atomic E-state index is 12.4. The lowest BCUT2D eigenvalue weighted by Crippen LogP contribution is -2.31. The van der Waals surface area contributed by atoms with E-state index in [1.165, 1.54) is 6.92 Å². The van der Waals surface area contributed by atoms with E-state index in [0.717, 1.165) is 6.42 Å². The Bertz CT molecular complexity index is 1100. The molecule has 9 nitrogen and oxygen atoms in total. The summed E-state index contributed by atoms with van der Waals surface area (Å²) in [5.41, 5.74) is 0.310. The number of hydrogen-bond acceptors (Lipinski definition) is 6. The summed E-state index contributed by atoms with van der Waals surface area (Å²) in [6.07, 6.45) is 1.69. The predicted octanol–water partition coefficient (Wildman–Crippen LogP) is 2.59. The van der Waals surface area contributed by atoms with Gasteiger partial charge in [-0.15, -0.1) is 0 Å². The number of nitrogens with one attached hydrogen (secondary N) is 2. The van der Waals surface area contributed by atoms with Crippen LogP contribution in [0.3, 0.4) is 0 Å². The number of anilines is 1. The normalized spacial score (nSPS) is 13.0. The second-order valence-electron chi connectivity index (χ2n) is 7.07. The van der Waals surface area contributed by atoms with Crippen molar-refractivity contribution < 1.29 is 14.3 Å². The van der Waals surface area contributed by atoms with E-state index in [9.17, 15) is 14.4 Å². The highest BCUT2D eigenvalue weighted by Gasteiger charge is 2.20. The molecule has 0 aliphatic rings. The number of esters is 1. The third-order valence-electron chi connectivity index (χ3n) is 4.84. The van der Waals surface area contributed by atoms with Gasteiger partial charge < -0.3 is 15.0 Å². The summed E-state index contributed by atoms with van der Waals surface area (Å²) in [5, 5.41) is 7.44. The first kappa shape index (κ1) is 21.2. The number of aromatic amines is 1. The average molecular weight is 411 g/mol. The lowest BCUT2D eigenvalue weighted by atomic mass is 10.2. The van der Waals surface area contributed by atoms with Crippen LogP contribution in [0.2, 0.25) is 0 Å². The van der Waals surface area contributed by atoms with Gasteiger partial charge in [-0.05, 0) is 32.4 Å². The van der Waals surface area contributed by atoms with Crippen molar-refractivity contribution in [2.75, 3.05) is 5.32 Å². The number of carbonyl (C=O) groups is 2. The molecular formula is C21H25N5O4. The summed E-state index contributed by atoms with van der Waals surface area (Å²) < 4.78 is 6.94. The van der Waals surface area contributed by atoms with Crippen LogP contribution in [0.1, 0.15) is 45.5 Å². The van der Waals surface area contributed by atoms with Crippen LogP contribution in [-0.2, 0) is 20.7 Å². The lowest BCUT2D eigenvalue weighted by Gasteiger charge is -2.17. The zero-order valence-electron chi connectivity index (χ0n) is 17.2. The number of ether oxygens (including phenoxy) is 1. The number of amides is 1. The molecule has 2 aromatic heterocycles. The molecule has 9 heteroatoms. The number of aryl methyl sites for hydroxylation is 1. The summed E-state index contributed by atoms with van der Waals surface area (Å²) in [5.74, 6) is -0.0464. The van der Waals surface area contributed by atoms with Crippen molar-refractivity contribution in [3.8, 4) is 0 Å². The van der Waals surface area contributed by atoms with Crippen molar-refractivity contribution in [2.45, 2.75) is 52.2 Å². The number of nitrogens with zero attached hydrogens (tertiary/aromatic N) is 3. The Labute approximate surface area is 173 Å². The first-order chi connectivity index (χ1) is 14.4. The Kier molecular flexibility index (Phi) is 6.61. The molecule has 0 fully saturated rings. The molecule has 0 saturated heterocycles. The van der Waals surface area contributed by atoms with Crippen LogP contribution in [0.5, 0.6) is 0 Å². The van der Waals surface area contributed by atoms with Crippen LogP contribution >= 0.6 is 0 Å². The number of benzene rings is 1. The van der Waals surface area contributed by atoms with Gasteiger partial charge in [0.15, 0.2) is 6.10 Å². The van der Waals surface area contributed by atoms with Crippen LogP contribution in [-0.4, -0.2) is 37.7 Å². The summed E-state index contributed by atoms with van der Waals surface area (Å²) in [4.78, 5) is 43.7. The first-order valence-electron chi connectivity index (χ1n) is 9.90. The Hall–Kier alpha value is -3.49. The largest absolute Gasteiger partial charge is 0.453 e. The zero-order chi connectivity index (χ0) is 21.7. The molecule has 1 aromatic carbocycles. The van der Waals surface area contributed by atoms with E-state index in [1.807, 2.05) is 13.8 Å². The van der Waals surface area contributed by atoms with Gasteiger partial charge in [-0.3, -0.25) is 14.4 Å². The molecule has 2 heterocycles. The summed E-state index contributed by atoms with van der Waals surface area (Å²) in [7, 11) is 0. The van der Waals surface area contributed by atoms with Gasteiger partial charge in [-0.2, -0.15) is 5.10 Å². The fourth-order valence-corrected chi connectivity index (χ4v) is 2.95. The molecule has 0 unspecified atom stereocenters. The van der Waals surface area contributed by atoms with Crippen molar-refractivity contribution in [1.82, 2.24) is 19.7 Å². The van der Waals surface area contributed by atoms with Crippen LogP contribution in [0.4, 0.5) is 5.82 Å². The highest BCUT2D eigenvalue weighted by atomic mass is 16.5. The SMILES string of the molecule is CC[C@H](C)n1nccc1NC(=O)[C@@H](C)OC(=O)CCc1nc2ccccc2c(=O)[nH]1. The zero-order valence-corrected chi connectivity index (χ0v) is 17.2. The Morgan fingerprint density at radius 2 is 2.00 bits per heavy atom. The standard InChI is InChI=1S/C21H25N5O4/c1-4-13(2)26-18(11-12-22-26)25-20(28)14(3)30-19(27)10-9-17-23-16-8-6-5-7-15(16)21(29)24-17/h5-8,11-14H,4,9-10H2,1-3H3,(H,25,28)(H,23,24,29)/t13-,14+/m0/s1. The van der Waals surface area contributed by atoms with E-state index >= 15 is 0 Å². The van der Waals surface area contributed by atoms with E-state index in [1.54, 1.807) is 41.2 Å². The minimum Gasteiger partial charge on any atom is -0.453 e. The lowest BCUT2D eigenvalue weighted by molar-refractivity contribution is -0.153. The van der Waals surface area contributed by atoms with Gasteiger partial charge in [-0.1, -0.05) is 19.1 Å². The summed E-state index contributed by atoms with van der Waals surface area (Å²) in [6.45, 7) is 5.53. The van der Waals surface area contributed by atoms with E-state index in [-0.39, 0.29) is 24.4 Å². The van der Waals surface area contributed by atoms with Gasteiger partial charge >= 0.3 is 5.97 Å². The third kappa shape index (κ3) is 4.91. The highest BCUT2D eigenvalue weighted by Crippen LogP contribution is 2.17. The van der Waals surface area contributed by atoms with Crippen molar-refractivity contribution in [3.05, 3.63) is 52.7 Å². The van der Waals surface area contributed by atoms with Crippen LogP contribution in [0.25, 0.3) is 10.9 Å². The molecule has 158 valence electrons. The molecule has 2 atom stereocenters. The number of fused-ring (bicyclic) bond motifs is 1. The Morgan fingerprint density at radius 1 is 1.23 bits per heavy atom. The molecule has 30 heavy (non-hydrogen) atoms. The molecule has 0 radical (unpaired) electrons. The molecule has 2 N–H and O–H groups in total. The smallest absolute Gasteiger partial charge is 0.307 e. The predicted molar refractivity (Wildman–Crippen MR) is 112 cm³/mol. The Morgan fingerprint density at radius 3 is 2.77 bits per heavy atom. The molecule has 3 rings (SSSR count). The third-order valence-corrected chi connectivity index (χ3v) is 4.84. The number of H-pyrrole nitrogens is 1. The van der Waals surface area contributed by atoms with Gasteiger partial charge in [-0.25, -0.2) is 9.67 Å². The minimum absolute atomic E-state index is 0.0102. The van der Waals surface area contributed by atoms with Gasteiger partial charge in [0.25, 0.3) is 11.5 Å². The monoisotopic (exact) mass is 411 g/mol. The van der Waals surface area contributed by atoms with E-state index in [0.29, 0.717) is 22.5 Å². The van der Waals surface area contributed by atoms with Crippen LogP contribution in [0, 0.1) is 0 Å². The van der Waals surface area contributed by atoms with Crippen LogP contribution in [0.15, 0.2) is 41.3 Å². The van der Waals surface area contributed by atoms with E-state index < -0.39 is 18.0 Å². The summed E-state index contributed by atoms with van der Waals surface area (Å²) >= 11 is 0. The first-order valence-corrected chi connectivity index (χ1v) is 9.90. The maximum atomic E-state index is 12.4. The average Bonchev–Trinajstić information content (AvgIpc) is 3.19. The van der Waals surface area contributed by atoms with Crippen molar-refractivity contribution in [1.29, 1.82) is 0 Å². The fraction of sp³-hybridized carbons (Fsp3) is 0.381. The fourth-order valence-electron chi connectivity index (χ4n) is 2.95. The van der Waals surface area contributed by atoms with E-state index in [4.69, 9.17) is 4.74 Å². The molecule has 0 spiro atoms. The summed E-state index contributed by atoms with van der Waals surface area (Å²) in [6, 6.07) is 8.80. The van der Waals surface area contributed by atoms with Crippen molar-refractivity contribution in [3.63, 3.8) is 0 Å². The molecule has 1 amide bonds. The number of carbonyl (C=O) groups excluding carboxylic acids is 2. The van der Waals surface area contributed by atoms with Crippen molar-refractivity contribution >= 4 is 28.6 Å². The van der Waals surface area contributed by atoms with Crippen LogP contribution < -0.4 is 10.9 Å². The highest BCUT2D eigenvalue weighted by molar-refractivity contribution is 5.94. The van der Waals surface area contributed by atoms with Gasteiger partial charge in [0.1, 0.15) is 11.6 Å². The maximum Gasteiger partial charge on any atom is 0.307 e. The van der Waals surface area contributed by atoms with E-state index in [2.05, 4.69) is 20.4 Å². The quantitative estimate of drug-likeness (QED) is 0.550. The molecule has 0 saturated carbocycles. The Balaban J connectivity index is 1.55. The molecule has 3 aromatic rings. The number of hydrogen-bond donors (Lipinski definition) is 2. The molecule has 0 aliphatic carbocycles. The second-order valence-corrected chi connectivity index (χ2v) is 7.07. The number of aromatic nitrogens is 4. The van der Waals surface area contributed by atoms with Crippen molar-refractivity contribution in [2.24, 2.45) is 0 Å².